The van der Waals surface area contributed by atoms with Gasteiger partial charge in [-0.05, 0) is 68.0 Å². The summed E-state index contributed by atoms with van der Waals surface area (Å²) in [6.45, 7) is 0. The lowest BCUT2D eigenvalue weighted by atomic mass is 9.67. The van der Waals surface area contributed by atoms with Gasteiger partial charge in [-0.3, -0.25) is 9.59 Å². The van der Waals surface area contributed by atoms with E-state index in [0.29, 0.717) is 0 Å². The van der Waals surface area contributed by atoms with Crippen LogP contribution < -0.4 is 0 Å². The lowest BCUT2D eigenvalue weighted by molar-refractivity contribution is -0.120. The number of carbonyl (C=O) groups excluding carboxylic acids is 2. The fourth-order valence-corrected chi connectivity index (χ4v) is 3.90. The molecule has 0 saturated heterocycles. The van der Waals surface area contributed by atoms with Gasteiger partial charge in [0, 0.05) is 0 Å². The van der Waals surface area contributed by atoms with E-state index in [4.69, 9.17) is 23.2 Å². The molecule has 0 fully saturated rings. The number of hydrogen-bond acceptors (Lipinski definition) is 2. The fourth-order valence-electron chi connectivity index (χ4n) is 3.42. The maximum absolute atomic E-state index is 11.8. The second kappa shape index (κ2) is 4.80. The first-order chi connectivity index (χ1) is 10.6. The van der Waals surface area contributed by atoms with Crippen LogP contribution in [0.25, 0.3) is 21.5 Å². The molecule has 4 rings (SSSR count). The van der Waals surface area contributed by atoms with Crippen LogP contribution in [-0.2, 0) is 9.59 Å². The first kappa shape index (κ1) is 13.7. The van der Waals surface area contributed by atoms with Crippen LogP contribution in [0, 0.1) is 0 Å². The Labute approximate surface area is 136 Å². The normalized spacial score (nSPS) is 19.7. The van der Waals surface area contributed by atoms with E-state index in [1.54, 1.807) is 0 Å². The van der Waals surface area contributed by atoms with E-state index < -0.39 is 22.3 Å². The van der Waals surface area contributed by atoms with Gasteiger partial charge in [0.15, 0.2) is 0 Å². The molecule has 0 radical (unpaired) electrons. The van der Waals surface area contributed by atoms with Gasteiger partial charge in [-0.2, -0.15) is 0 Å². The second-order valence-corrected chi connectivity index (χ2v) is 6.30. The van der Waals surface area contributed by atoms with Crippen LogP contribution in [0.15, 0.2) is 48.5 Å². The van der Waals surface area contributed by atoms with Gasteiger partial charge in [-0.25, -0.2) is 0 Å². The van der Waals surface area contributed by atoms with Gasteiger partial charge < -0.3 is 0 Å². The molecule has 0 spiro atoms. The zero-order valence-electron chi connectivity index (χ0n) is 11.3. The maximum atomic E-state index is 11.8. The van der Waals surface area contributed by atoms with Crippen molar-refractivity contribution >= 4 is 55.2 Å². The average Bonchev–Trinajstić information content (AvgIpc) is 2.44. The number of benzene rings is 3. The Hall–Kier alpha value is -1.90. The Morgan fingerprint density at radius 3 is 2.05 bits per heavy atom. The molecule has 0 saturated carbocycles. The predicted octanol–water partition coefficient (Wildman–Crippen LogP) is 4.70. The zero-order chi connectivity index (χ0) is 15.4. The Bertz CT molecular complexity index is 962. The molecular weight excluding hydrogens is 319 g/mol. The van der Waals surface area contributed by atoms with Crippen molar-refractivity contribution in [1.82, 2.24) is 0 Å². The van der Waals surface area contributed by atoms with Crippen molar-refractivity contribution in [2.75, 3.05) is 0 Å². The summed E-state index contributed by atoms with van der Waals surface area (Å²) in [5.74, 6) is -1.27. The van der Waals surface area contributed by atoms with Crippen molar-refractivity contribution in [3.05, 3.63) is 59.7 Å². The van der Waals surface area contributed by atoms with Crippen molar-refractivity contribution in [2.24, 2.45) is 0 Å². The molecule has 2 nitrogen and oxygen atoms in total. The average molecular weight is 329 g/mol. The SMILES string of the molecule is O=C(Cl)C1c2ccc3cc4ccccc4cc3c2C1C(=O)Cl. The van der Waals surface area contributed by atoms with Crippen molar-refractivity contribution in [2.45, 2.75) is 11.8 Å². The van der Waals surface area contributed by atoms with Gasteiger partial charge in [0.1, 0.15) is 0 Å². The van der Waals surface area contributed by atoms with E-state index >= 15 is 0 Å². The summed E-state index contributed by atoms with van der Waals surface area (Å²) in [5.41, 5.74) is 1.64. The minimum Gasteiger partial charge on any atom is -0.281 e. The number of fused-ring (bicyclic) bond motifs is 4. The Morgan fingerprint density at radius 1 is 0.773 bits per heavy atom. The smallest absolute Gasteiger partial charge is 0.230 e. The van der Waals surface area contributed by atoms with Crippen molar-refractivity contribution < 1.29 is 9.59 Å². The third-order valence-corrected chi connectivity index (χ3v) is 4.90. The van der Waals surface area contributed by atoms with Crippen LogP contribution in [0.5, 0.6) is 0 Å². The van der Waals surface area contributed by atoms with E-state index in [9.17, 15) is 9.59 Å². The standard InChI is InChI=1S/C18H10Cl2O2/c19-17(21)15-12-6-5-11-7-9-3-1-2-4-10(9)8-13(11)14(12)16(15)18(20)22/h1-8,15-16H. The first-order valence-corrected chi connectivity index (χ1v) is 7.67. The van der Waals surface area contributed by atoms with E-state index in [0.717, 1.165) is 32.7 Å². The van der Waals surface area contributed by atoms with E-state index in [1.165, 1.54) is 0 Å². The highest BCUT2D eigenvalue weighted by molar-refractivity contribution is 6.68. The predicted molar refractivity (Wildman–Crippen MR) is 88.7 cm³/mol. The van der Waals surface area contributed by atoms with E-state index in [2.05, 4.69) is 6.07 Å². The van der Waals surface area contributed by atoms with Gasteiger partial charge in [0.05, 0.1) is 11.8 Å². The van der Waals surface area contributed by atoms with E-state index in [-0.39, 0.29) is 0 Å². The first-order valence-electron chi connectivity index (χ1n) is 6.92. The molecule has 3 aromatic rings. The van der Waals surface area contributed by atoms with Crippen LogP contribution >= 0.6 is 23.2 Å². The highest BCUT2D eigenvalue weighted by atomic mass is 35.5. The molecule has 2 unspecified atom stereocenters. The molecule has 0 heterocycles. The third-order valence-electron chi connectivity index (χ3n) is 4.43. The Kier molecular flexibility index (Phi) is 3.00. The van der Waals surface area contributed by atoms with Crippen molar-refractivity contribution in [1.29, 1.82) is 0 Å². The van der Waals surface area contributed by atoms with Crippen LogP contribution in [0.1, 0.15) is 23.0 Å². The maximum Gasteiger partial charge on any atom is 0.230 e. The van der Waals surface area contributed by atoms with Gasteiger partial charge in [-0.1, -0.05) is 36.4 Å². The molecule has 4 heteroatoms. The topological polar surface area (TPSA) is 34.1 Å². The number of halogens is 2. The molecule has 0 aliphatic heterocycles. The summed E-state index contributed by atoms with van der Waals surface area (Å²) in [7, 11) is 0. The van der Waals surface area contributed by atoms with Gasteiger partial charge >= 0.3 is 0 Å². The molecule has 0 bridgehead atoms. The molecule has 22 heavy (non-hydrogen) atoms. The Balaban J connectivity index is 2.05. The summed E-state index contributed by atoms with van der Waals surface area (Å²) >= 11 is 11.4. The largest absolute Gasteiger partial charge is 0.281 e. The number of hydrogen-bond donors (Lipinski definition) is 0. The fraction of sp³-hybridized carbons (Fsp3) is 0.111. The minimum absolute atomic E-state index is 0.535. The van der Waals surface area contributed by atoms with Crippen molar-refractivity contribution in [3.8, 4) is 0 Å². The van der Waals surface area contributed by atoms with E-state index in [1.807, 2.05) is 42.5 Å². The second-order valence-electron chi connectivity index (χ2n) is 5.55. The summed E-state index contributed by atoms with van der Waals surface area (Å²) in [6, 6.07) is 16.0. The molecule has 2 atom stereocenters. The van der Waals surface area contributed by atoms with Crippen molar-refractivity contribution in [3.63, 3.8) is 0 Å². The third kappa shape index (κ3) is 1.81. The summed E-state index contributed by atoms with van der Waals surface area (Å²) < 4.78 is 0. The highest BCUT2D eigenvalue weighted by Gasteiger charge is 2.46. The molecule has 1 aliphatic carbocycles. The van der Waals surface area contributed by atoms with Crippen LogP contribution in [0.4, 0.5) is 0 Å². The number of rotatable bonds is 2. The van der Waals surface area contributed by atoms with Gasteiger partial charge in [0.25, 0.3) is 0 Å². The molecule has 0 N–H and O–H groups in total. The van der Waals surface area contributed by atoms with Gasteiger partial charge in [0.2, 0.25) is 10.5 Å². The summed E-state index contributed by atoms with van der Waals surface area (Å²) in [5, 5.41) is 3.14. The van der Waals surface area contributed by atoms with Crippen LogP contribution in [-0.4, -0.2) is 10.5 Å². The quantitative estimate of drug-likeness (QED) is 0.504. The number of carbonyl (C=O) groups is 2. The van der Waals surface area contributed by atoms with Gasteiger partial charge in [-0.15, -0.1) is 0 Å². The molecule has 3 aromatic carbocycles. The molecule has 108 valence electrons. The lowest BCUT2D eigenvalue weighted by Crippen LogP contribution is -2.32. The molecule has 0 aromatic heterocycles. The lowest BCUT2D eigenvalue weighted by Gasteiger charge is -2.36. The van der Waals surface area contributed by atoms with Crippen LogP contribution in [0.3, 0.4) is 0 Å². The molecular formula is C18H10Cl2O2. The summed E-state index contributed by atoms with van der Waals surface area (Å²) in [6.07, 6.45) is 0. The highest BCUT2D eigenvalue weighted by Crippen LogP contribution is 2.52. The Morgan fingerprint density at radius 2 is 1.41 bits per heavy atom. The zero-order valence-corrected chi connectivity index (χ0v) is 12.9. The molecule has 1 aliphatic rings. The minimum atomic E-state index is -0.647. The van der Waals surface area contributed by atoms with Crippen LogP contribution in [0.2, 0.25) is 0 Å². The molecule has 0 amide bonds. The monoisotopic (exact) mass is 328 g/mol. The summed E-state index contributed by atoms with van der Waals surface area (Å²) in [4.78, 5) is 23.4.